The number of hydrogen-bond acceptors (Lipinski definition) is 3. The van der Waals surface area contributed by atoms with Crippen LogP contribution < -0.4 is 5.32 Å². The fourth-order valence-electron chi connectivity index (χ4n) is 1.96. The molecule has 0 saturated carbocycles. The molecule has 2 heterocycles. The van der Waals surface area contributed by atoms with E-state index in [-0.39, 0.29) is 0 Å². The SMILES string of the molecule is CCNc1nccn1C1CCS(=O)CC1. The molecule has 0 aliphatic carbocycles. The van der Waals surface area contributed by atoms with Crippen molar-refractivity contribution >= 4 is 16.7 Å². The van der Waals surface area contributed by atoms with E-state index in [2.05, 4.69) is 21.8 Å². The summed E-state index contributed by atoms with van der Waals surface area (Å²) in [6, 6.07) is 0.472. The third-order valence-electron chi connectivity index (χ3n) is 2.75. The van der Waals surface area contributed by atoms with E-state index in [4.69, 9.17) is 0 Å². The molecule has 1 fully saturated rings. The number of rotatable bonds is 3. The summed E-state index contributed by atoms with van der Waals surface area (Å²) < 4.78 is 13.4. The van der Waals surface area contributed by atoms with Crippen LogP contribution in [0.15, 0.2) is 12.4 Å². The lowest BCUT2D eigenvalue weighted by Gasteiger charge is -2.24. The summed E-state index contributed by atoms with van der Waals surface area (Å²) in [7, 11) is -0.587. The van der Waals surface area contributed by atoms with Crippen molar-refractivity contribution in [3.8, 4) is 0 Å². The van der Waals surface area contributed by atoms with Gasteiger partial charge in [-0.3, -0.25) is 4.21 Å². The quantitative estimate of drug-likeness (QED) is 0.849. The van der Waals surface area contributed by atoms with Crippen molar-refractivity contribution in [2.75, 3.05) is 23.4 Å². The second-order valence-corrected chi connectivity index (χ2v) is 5.46. The predicted molar refractivity (Wildman–Crippen MR) is 62.5 cm³/mol. The van der Waals surface area contributed by atoms with Crippen molar-refractivity contribution in [1.82, 2.24) is 9.55 Å². The van der Waals surface area contributed by atoms with E-state index in [1.807, 2.05) is 12.4 Å². The summed E-state index contributed by atoms with van der Waals surface area (Å²) in [6.07, 6.45) is 5.84. The monoisotopic (exact) mass is 227 g/mol. The number of nitrogens with zero attached hydrogens (tertiary/aromatic N) is 2. The Morgan fingerprint density at radius 2 is 2.33 bits per heavy atom. The van der Waals surface area contributed by atoms with Crippen molar-refractivity contribution in [3.05, 3.63) is 12.4 Å². The van der Waals surface area contributed by atoms with Gasteiger partial charge in [0, 0.05) is 47.3 Å². The molecule has 4 nitrogen and oxygen atoms in total. The first-order chi connectivity index (χ1) is 7.31. The lowest BCUT2D eigenvalue weighted by atomic mass is 10.1. The van der Waals surface area contributed by atoms with Crippen molar-refractivity contribution in [1.29, 1.82) is 0 Å². The molecule has 5 heteroatoms. The van der Waals surface area contributed by atoms with E-state index < -0.39 is 10.8 Å². The molecule has 1 aliphatic rings. The van der Waals surface area contributed by atoms with Gasteiger partial charge < -0.3 is 9.88 Å². The van der Waals surface area contributed by atoms with E-state index in [0.29, 0.717) is 6.04 Å². The van der Waals surface area contributed by atoms with Crippen molar-refractivity contribution in [2.45, 2.75) is 25.8 Å². The molecule has 0 radical (unpaired) electrons. The highest BCUT2D eigenvalue weighted by Crippen LogP contribution is 2.25. The normalized spacial score (nSPS) is 26.5. The van der Waals surface area contributed by atoms with Crippen LogP contribution in [-0.2, 0) is 10.8 Å². The van der Waals surface area contributed by atoms with Gasteiger partial charge >= 0.3 is 0 Å². The summed E-state index contributed by atoms with van der Waals surface area (Å²) in [4.78, 5) is 4.28. The Kier molecular flexibility index (Phi) is 3.41. The largest absolute Gasteiger partial charge is 0.356 e. The van der Waals surface area contributed by atoms with Crippen LogP contribution in [0.5, 0.6) is 0 Å². The highest BCUT2D eigenvalue weighted by molar-refractivity contribution is 7.85. The van der Waals surface area contributed by atoms with Gasteiger partial charge in [0.25, 0.3) is 0 Å². The maximum atomic E-state index is 11.3. The van der Waals surface area contributed by atoms with Crippen LogP contribution in [0.1, 0.15) is 25.8 Å². The van der Waals surface area contributed by atoms with Crippen LogP contribution in [0.3, 0.4) is 0 Å². The number of anilines is 1. The lowest BCUT2D eigenvalue weighted by molar-refractivity contribution is 0.466. The van der Waals surface area contributed by atoms with Gasteiger partial charge in [-0.15, -0.1) is 0 Å². The van der Waals surface area contributed by atoms with Gasteiger partial charge in [0.2, 0.25) is 5.95 Å². The third-order valence-corrected chi connectivity index (χ3v) is 4.14. The Labute approximate surface area is 92.5 Å². The zero-order chi connectivity index (χ0) is 10.7. The van der Waals surface area contributed by atoms with Crippen molar-refractivity contribution in [3.63, 3.8) is 0 Å². The van der Waals surface area contributed by atoms with Gasteiger partial charge in [0.15, 0.2) is 0 Å². The molecule has 1 aromatic heterocycles. The molecule has 0 spiro atoms. The molecule has 1 saturated heterocycles. The van der Waals surface area contributed by atoms with E-state index in [9.17, 15) is 4.21 Å². The van der Waals surface area contributed by atoms with E-state index in [0.717, 1.165) is 36.8 Å². The fourth-order valence-corrected chi connectivity index (χ4v) is 3.24. The van der Waals surface area contributed by atoms with Gasteiger partial charge in [0.1, 0.15) is 0 Å². The minimum Gasteiger partial charge on any atom is -0.356 e. The Hall–Kier alpha value is -0.840. The lowest BCUT2D eigenvalue weighted by Crippen LogP contribution is -2.22. The zero-order valence-corrected chi connectivity index (χ0v) is 9.80. The summed E-state index contributed by atoms with van der Waals surface area (Å²) in [6.45, 7) is 2.95. The topological polar surface area (TPSA) is 46.9 Å². The molecule has 15 heavy (non-hydrogen) atoms. The van der Waals surface area contributed by atoms with Crippen LogP contribution in [-0.4, -0.2) is 31.8 Å². The van der Waals surface area contributed by atoms with Crippen molar-refractivity contribution < 1.29 is 4.21 Å². The fraction of sp³-hybridized carbons (Fsp3) is 0.700. The summed E-state index contributed by atoms with van der Waals surface area (Å²) >= 11 is 0. The van der Waals surface area contributed by atoms with Crippen LogP contribution in [0.25, 0.3) is 0 Å². The first kappa shape index (κ1) is 10.7. The van der Waals surface area contributed by atoms with Crippen LogP contribution in [0, 0.1) is 0 Å². The smallest absolute Gasteiger partial charge is 0.203 e. The molecular formula is C10H17N3OS. The molecular weight excluding hydrogens is 210 g/mol. The summed E-state index contributed by atoms with van der Waals surface area (Å²) in [5.41, 5.74) is 0. The minimum absolute atomic E-state index is 0.472. The molecule has 1 aliphatic heterocycles. The van der Waals surface area contributed by atoms with E-state index in [1.165, 1.54) is 0 Å². The maximum Gasteiger partial charge on any atom is 0.203 e. The molecule has 1 N–H and O–H groups in total. The Morgan fingerprint density at radius 1 is 1.60 bits per heavy atom. The highest BCUT2D eigenvalue weighted by atomic mass is 32.2. The molecule has 0 atom stereocenters. The van der Waals surface area contributed by atoms with Gasteiger partial charge in [-0.25, -0.2) is 4.98 Å². The standard InChI is InChI=1S/C10H17N3OS/c1-2-11-10-12-5-6-13(10)9-3-7-15(14)8-4-9/h5-6,9H,2-4,7-8H2,1H3,(H,11,12). The van der Waals surface area contributed by atoms with Crippen LogP contribution in [0.2, 0.25) is 0 Å². The Balaban J connectivity index is 2.08. The molecule has 0 bridgehead atoms. The molecule has 0 aromatic carbocycles. The maximum absolute atomic E-state index is 11.3. The van der Waals surface area contributed by atoms with Gasteiger partial charge in [0.05, 0.1) is 0 Å². The van der Waals surface area contributed by atoms with Crippen LogP contribution >= 0.6 is 0 Å². The van der Waals surface area contributed by atoms with Gasteiger partial charge in [-0.1, -0.05) is 0 Å². The van der Waals surface area contributed by atoms with Gasteiger partial charge in [-0.2, -0.15) is 0 Å². The van der Waals surface area contributed by atoms with E-state index in [1.54, 1.807) is 0 Å². The third kappa shape index (κ3) is 2.40. The Morgan fingerprint density at radius 3 is 3.00 bits per heavy atom. The minimum atomic E-state index is -0.587. The van der Waals surface area contributed by atoms with Gasteiger partial charge in [-0.05, 0) is 19.8 Å². The highest BCUT2D eigenvalue weighted by Gasteiger charge is 2.20. The molecule has 1 aromatic rings. The zero-order valence-electron chi connectivity index (χ0n) is 8.98. The first-order valence-corrected chi connectivity index (χ1v) is 6.91. The summed E-state index contributed by atoms with van der Waals surface area (Å²) in [5.74, 6) is 2.60. The van der Waals surface area contributed by atoms with Crippen molar-refractivity contribution in [2.24, 2.45) is 0 Å². The average molecular weight is 227 g/mol. The number of nitrogens with one attached hydrogen (secondary N) is 1. The second kappa shape index (κ2) is 4.79. The molecule has 2 rings (SSSR count). The molecule has 84 valence electrons. The average Bonchev–Trinajstić information content (AvgIpc) is 2.68. The first-order valence-electron chi connectivity index (χ1n) is 5.43. The predicted octanol–water partition coefficient (Wildman–Crippen LogP) is 1.40. The molecule has 0 unspecified atom stereocenters. The Bertz CT molecular complexity index is 340. The van der Waals surface area contributed by atoms with Crippen LogP contribution in [0.4, 0.5) is 5.95 Å². The summed E-state index contributed by atoms with van der Waals surface area (Å²) in [5, 5.41) is 3.24. The molecule has 0 amide bonds. The number of imidazole rings is 1. The number of aromatic nitrogens is 2. The second-order valence-electron chi connectivity index (χ2n) is 3.77. The number of hydrogen-bond donors (Lipinski definition) is 1. The van der Waals surface area contributed by atoms with E-state index >= 15 is 0 Å².